The first-order valence-corrected chi connectivity index (χ1v) is 7.37. The van der Waals surface area contributed by atoms with Gasteiger partial charge in [-0.05, 0) is 18.1 Å². The largest absolute Gasteiger partial charge is 0.492 e. The van der Waals surface area contributed by atoms with Crippen LogP contribution in [-0.2, 0) is 17.8 Å². The highest BCUT2D eigenvalue weighted by atomic mass is 16.5. The minimum atomic E-state index is -1.06. The van der Waals surface area contributed by atoms with E-state index in [-0.39, 0.29) is 17.5 Å². The van der Waals surface area contributed by atoms with Crippen LogP contribution in [0.4, 0.5) is 0 Å². The highest BCUT2D eigenvalue weighted by Gasteiger charge is 2.25. The van der Waals surface area contributed by atoms with E-state index < -0.39 is 5.97 Å². The van der Waals surface area contributed by atoms with Gasteiger partial charge < -0.3 is 19.7 Å². The predicted molar refractivity (Wildman–Crippen MR) is 81.3 cm³/mol. The Morgan fingerprint density at radius 2 is 2.22 bits per heavy atom. The molecule has 1 amide bonds. The number of nitrogens with zero attached hydrogens (tertiary/aromatic N) is 2. The molecule has 7 nitrogen and oxygen atoms in total. The van der Waals surface area contributed by atoms with Crippen LogP contribution >= 0.6 is 0 Å². The van der Waals surface area contributed by atoms with Crippen LogP contribution in [0.1, 0.15) is 16.1 Å². The van der Waals surface area contributed by atoms with Gasteiger partial charge in [-0.1, -0.05) is 18.2 Å². The maximum absolute atomic E-state index is 12.2. The Hall–Kier alpha value is -2.83. The summed E-state index contributed by atoms with van der Waals surface area (Å²) < 4.78 is 7.25. The third-order valence-electron chi connectivity index (χ3n) is 3.77. The van der Waals surface area contributed by atoms with Crippen molar-refractivity contribution in [3.05, 3.63) is 48.0 Å². The van der Waals surface area contributed by atoms with E-state index in [0.717, 1.165) is 11.3 Å². The number of hydrogen-bond acceptors (Lipinski definition) is 4. The lowest BCUT2D eigenvalue weighted by molar-refractivity contribution is -0.126. The van der Waals surface area contributed by atoms with Gasteiger partial charge in [0, 0.05) is 19.3 Å². The van der Waals surface area contributed by atoms with Crippen LogP contribution < -0.4 is 10.1 Å². The summed E-state index contributed by atoms with van der Waals surface area (Å²) in [6.07, 6.45) is 3.54. The van der Waals surface area contributed by atoms with E-state index in [1.54, 1.807) is 4.57 Å². The molecule has 0 saturated carbocycles. The number of benzene rings is 1. The van der Waals surface area contributed by atoms with Crippen molar-refractivity contribution in [2.45, 2.75) is 13.0 Å². The van der Waals surface area contributed by atoms with Crippen molar-refractivity contribution >= 4 is 11.9 Å². The monoisotopic (exact) mass is 315 g/mol. The highest BCUT2D eigenvalue weighted by molar-refractivity contribution is 5.84. The SMILES string of the molecule is O=C(O)c1cn(CCNC(=O)C2COc3ccccc3C2)cn1. The smallest absolute Gasteiger partial charge is 0.356 e. The minimum absolute atomic E-state index is 0.00591. The van der Waals surface area contributed by atoms with E-state index in [2.05, 4.69) is 10.3 Å². The summed E-state index contributed by atoms with van der Waals surface area (Å²) in [4.78, 5) is 26.7. The number of carboxylic acid groups (broad SMARTS) is 1. The molecule has 3 rings (SSSR count). The van der Waals surface area contributed by atoms with Gasteiger partial charge in [0.05, 0.1) is 12.2 Å². The number of carbonyl (C=O) groups is 2. The molecule has 1 atom stereocenters. The Morgan fingerprint density at radius 3 is 3.00 bits per heavy atom. The Labute approximate surface area is 132 Å². The van der Waals surface area contributed by atoms with Crippen LogP contribution in [0.25, 0.3) is 0 Å². The molecule has 1 aliphatic rings. The first-order valence-electron chi connectivity index (χ1n) is 7.37. The number of imidazole rings is 1. The van der Waals surface area contributed by atoms with E-state index in [1.807, 2.05) is 24.3 Å². The molecule has 1 aromatic carbocycles. The zero-order valence-corrected chi connectivity index (χ0v) is 12.4. The van der Waals surface area contributed by atoms with Crippen molar-refractivity contribution in [3.63, 3.8) is 0 Å². The number of carboxylic acids is 1. The molecule has 120 valence electrons. The highest BCUT2D eigenvalue weighted by Crippen LogP contribution is 2.26. The number of para-hydroxylation sites is 1. The lowest BCUT2D eigenvalue weighted by Gasteiger charge is -2.24. The van der Waals surface area contributed by atoms with Crippen molar-refractivity contribution in [2.75, 3.05) is 13.2 Å². The Balaban J connectivity index is 1.49. The Bertz CT molecular complexity index is 726. The number of rotatable bonds is 5. The van der Waals surface area contributed by atoms with Crippen LogP contribution in [-0.4, -0.2) is 39.7 Å². The van der Waals surface area contributed by atoms with Crippen LogP contribution in [0.3, 0.4) is 0 Å². The minimum Gasteiger partial charge on any atom is -0.492 e. The topological polar surface area (TPSA) is 93.5 Å². The van der Waals surface area contributed by atoms with Gasteiger partial charge in [-0.25, -0.2) is 9.78 Å². The molecule has 0 fully saturated rings. The molecule has 0 bridgehead atoms. The van der Waals surface area contributed by atoms with Crippen LogP contribution in [0.2, 0.25) is 0 Å². The molecular weight excluding hydrogens is 298 g/mol. The first kappa shape index (κ1) is 15.1. The lowest BCUT2D eigenvalue weighted by atomic mass is 9.96. The fraction of sp³-hybridized carbons (Fsp3) is 0.312. The first-order chi connectivity index (χ1) is 11.1. The van der Waals surface area contributed by atoms with E-state index >= 15 is 0 Å². The van der Waals surface area contributed by atoms with Crippen molar-refractivity contribution in [1.29, 1.82) is 0 Å². The Morgan fingerprint density at radius 1 is 1.39 bits per heavy atom. The molecule has 0 spiro atoms. The molecule has 0 radical (unpaired) electrons. The third kappa shape index (κ3) is 3.50. The average Bonchev–Trinajstić information content (AvgIpc) is 3.03. The van der Waals surface area contributed by atoms with Gasteiger partial charge in [0.2, 0.25) is 5.91 Å². The summed E-state index contributed by atoms with van der Waals surface area (Å²) in [5, 5.41) is 11.7. The summed E-state index contributed by atoms with van der Waals surface area (Å²) in [5.41, 5.74) is 1.04. The zero-order chi connectivity index (χ0) is 16.2. The third-order valence-corrected chi connectivity index (χ3v) is 3.77. The summed E-state index contributed by atoms with van der Waals surface area (Å²) in [6.45, 7) is 1.25. The summed E-state index contributed by atoms with van der Waals surface area (Å²) >= 11 is 0. The van der Waals surface area contributed by atoms with Crippen molar-refractivity contribution in [2.24, 2.45) is 5.92 Å². The summed E-state index contributed by atoms with van der Waals surface area (Å²) in [5.74, 6) is -0.484. The van der Waals surface area contributed by atoms with Gasteiger partial charge in [0.25, 0.3) is 0 Å². The van der Waals surface area contributed by atoms with Gasteiger partial charge >= 0.3 is 5.97 Å². The van der Waals surface area contributed by atoms with Crippen molar-refractivity contribution in [3.8, 4) is 5.75 Å². The Kier molecular flexibility index (Phi) is 4.27. The molecule has 0 aliphatic carbocycles. The standard InChI is InChI=1S/C16H17N3O4/c20-15(12-7-11-3-1-2-4-14(11)23-9-12)17-5-6-19-8-13(16(21)22)18-10-19/h1-4,8,10,12H,5-7,9H2,(H,17,20)(H,21,22). The molecule has 1 aliphatic heterocycles. The number of aromatic nitrogens is 2. The molecule has 0 saturated heterocycles. The maximum atomic E-state index is 12.2. The second-order valence-corrected chi connectivity index (χ2v) is 5.41. The number of amides is 1. The molecular formula is C16H17N3O4. The number of carbonyl (C=O) groups excluding carboxylic acids is 1. The van der Waals surface area contributed by atoms with Crippen LogP contribution in [0, 0.1) is 5.92 Å². The van der Waals surface area contributed by atoms with E-state index in [0.29, 0.717) is 26.1 Å². The van der Waals surface area contributed by atoms with E-state index in [9.17, 15) is 9.59 Å². The zero-order valence-electron chi connectivity index (χ0n) is 12.4. The second-order valence-electron chi connectivity index (χ2n) is 5.41. The van der Waals surface area contributed by atoms with Crippen LogP contribution in [0.15, 0.2) is 36.8 Å². The lowest BCUT2D eigenvalue weighted by Crippen LogP contribution is -2.38. The van der Waals surface area contributed by atoms with E-state index in [4.69, 9.17) is 9.84 Å². The second kappa shape index (κ2) is 6.51. The van der Waals surface area contributed by atoms with Gasteiger partial charge in [0.1, 0.15) is 12.4 Å². The predicted octanol–water partition coefficient (Wildman–Crippen LogP) is 0.949. The number of ether oxygens (including phenoxy) is 1. The van der Waals surface area contributed by atoms with Gasteiger partial charge in [-0.3, -0.25) is 4.79 Å². The molecule has 1 unspecified atom stereocenters. The van der Waals surface area contributed by atoms with Gasteiger partial charge in [-0.2, -0.15) is 0 Å². The average molecular weight is 315 g/mol. The summed E-state index contributed by atoms with van der Waals surface area (Å²) in [6, 6.07) is 7.72. The number of fused-ring (bicyclic) bond motifs is 1. The molecule has 23 heavy (non-hydrogen) atoms. The molecule has 2 N–H and O–H groups in total. The normalized spacial score (nSPS) is 16.3. The fourth-order valence-corrected chi connectivity index (χ4v) is 2.54. The number of hydrogen-bond donors (Lipinski definition) is 2. The quantitative estimate of drug-likeness (QED) is 0.857. The molecule has 7 heteroatoms. The number of nitrogens with one attached hydrogen (secondary N) is 1. The van der Waals surface area contributed by atoms with Crippen molar-refractivity contribution < 1.29 is 19.4 Å². The molecule has 2 heterocycles. The van der Waals surface area contributed by atoms with Gasteiger partial charge in [0.15, 0.2) is 5.69 Å². The maximum Gasteiger partial charge on any atom is 0.356 e. The summed E-state index contributed by atoms with van der Waals surface area (Å²) in [7, 11) is 0. The van der Waals surface area contributed by atoms with Gasteiger partial charge in [-0.15, -0.1) is 0 Å². The van der Waals surface area contributed by atoms with Crippen LogP contribution in [0.5, 0.6) is 5.75 Å². The molecule has 1 aromatic heterocycles. The molecule has 2 aromatic rings. The van der Waals surface area contributed by atoms with E-state index in [1.165, 1.54) is 12.5 Å². The number of aromatic carboxylic acids is 1. The van der Waals surface area contributed by atoms with Crippen molar-refractivity contribution in [1.82, 2.24) is 14.9 Å². The fourth-order valence-electron chi connectivity index (χ4n) is 2.54.